The Morgan fingerprint density at radius 1 is 0.625 bits per heavy atom. The van der Waals surface area contributed by atoms with E-state index in [-0.39, 0.29) is 0 Å². The van der Waals surface area contributed by atoms with E-state index in [9.17, 15) is 0 Å². The van der Waals surface area contributed by atoms with Gasteiger partial charge in [0.25, 0.3) is 0 Å². The molecule has 1 N–H and O–H groups in total. The zero-order valence-corrected chi connectivity index (χ0v) is 27.8. The molecule has 40 heavy (non-hydrogen) atoms. The highest BCUT2D eigenvalue weighted by Crippen LogP contribution is 2.11. The lowest BCUT2D eigenvalue weighted by Gasteiger charge is -2.34. The van der Waals surface area contributed by atoms with Crippen LogP contribution < -0.4 is 5.32 Å². The quantitative estimate of drug-likeness (QED) is 0.105. The Hall–Kier alpha value is -2.24. The third kappa shape index (κ3) is 13.0. The Bertz CT molecular complexity index is 789. The van der Waals surface area contributed by atoms with E-state index < -0.39 is 0 Å². The van der Waals surface area contributed by atoms with Gasteiger partial charge in [0.15, 0.2) is 5.96 Å². The molecule has 0 fully saturated rings. The molecule has 0 atom stereocenters. The van der Waals surface area contributed by atoms with Crippen LogP contribution in [-0.2, 0) is 13.1 Å². The molecular formula is C34H65N6+. The molecule has 6 nitrogen and oxygen atoms in total. The van der Waals surface area contributed by atoms with Crippen molar-refractivity contribution in [3.8, 4) is 0 Å². The number of nitrogens with one attached hydrogen (secondary N) is 1. The van der Waals surface area contributed by atoms with Crippen molar-refractivity contribution in [1.82, 2.24) is 20.0 Å². The van der Waals surface area contributed by atoms with Crippen molar-refractivity contribution in [2.75, 3.05) is 52.4 Å². The van der Waals surface area contributed by atoms with Gasteiger partial charge in [0.1, 0.15) is 0 Å². The molecule has 1 aromatic carbocycles. The van der Waals surface area contributed by atoms with E-state index >= 15 is 0 Å². The molecule has 0 amide bonds. The molecule has 0 aliphatic heterocycles. The fourth-order valence-electron chi connectivity index (χ4n) is 5.43. The number of aliphatic imine (C=N–C) groups is 1. The summed E-state index contributed by atoms with van der Waals surface area (Å²) in [5.41, 5.74) is 2.61. The third-order valence-electron chi connectivity index (χ3n) is 6.96. The second-order valence-electron chi connectivity index (χ2n) is 11.1. The predicted octanol–water partition coefficient (Wildman–Crippen LogP) is 7.19. The van der Waals surface area contributed by atoms with E-state index in [0.717, 1.165) is 117 Å². The van der Waals surface area contributed by atoms with Crippen molar-refractivity contribution in [3.63, 3.8) is 0 Å². The zero-order chi connectivity index (χ0) is 29.6. The van der Waals surface area contributed by atoms with Crippen molar-refractivity contribution < 1.29 is 4.58 Å². The normalized spacial score (nSPS) is 10.8. The van der Waals surface area contributed by atoms with Crippen LogP contribution >= 0.6 is 0 Å². The Morgan fingerprint density at radius 2 is 1.07 bits per heavy atom. The summed E-state index contributed by atoms with van der Waals surface area (Å²) in [6, 6.07) is 9.06. The lowest BCUT2D eigenvalue weighted by molar-refractivity contribution is -0.535. The number of guanidine groups is 2. The standard InChI is InChI=1S/C34H64N6/c1-9-20-37(21-10-2)33(38(22-11-3)23-12-4)35-29-31-18-17-19-32(28-31)30-36-34(39(24-13-5)25-14-6)40(26-15-7)27-16-8/h17-19,28H,9-16,20-27,29-30H2,1-8H3/p+1. The summed E-state index contributed by atoms with van der Waals surface area (Å²) < 4.78 is 2.57. The van der Waals surface area contributed by atoms with Crippen LogP contribution in [0.15, 0.2) is 29.3 Å². The monoisotopic (exact) mass is 558 g/mol. The van der Waals surface area contributed by atoms with Crippen LogP contribution in [0.1, 0.15) is 118 Å². The summed E-state index contributed by atoms with van der Waals surface area (Å²) >= 11 is 0. The van der Waals surface area contributed by atoms with Crippen molar-refractivity contribution in [3.05, 3.63) is 35.4 Å². The fourth-order valence-corrected chi connectivity index (χ4v) is 5.43. The Morgan fingerprint density at radius 3 is 1.52 bits per heavy atom. The highest BCUT2D eigenvalue weighted by atomic mass is 15.4. The molecule has 0 unspecified atom stereocenters. The number of rotatable bonds is 20. The van der Waals surface area contributed by atoms with E-state index in [1.165, 1.54) is 23.0 Å². The van der Waals surface area contributed by atoms with Gasteiger partial charge < -0.3 is 9.80 Å². The minimum atomic E-state index is 0.725. The van der Waals surface area contributed by atoms with Gasteiger partial charge in [-0.25, -0.2) is 4.99 Å². The molecule has 1 aromatic rings. The molecule has 6 heteroatoms. The summed E-state index contributed by atoms with van der Waals surface area (Å²) in [7, 11) is 0. The first-order valence-corrected chi connectivity index (χ1v) is 16.8. The van der Waals surface area contributed by atoms with Crippen LogP contribution in [0.25, 0.3) is 0 Å². The minimum absolute atomic E-state index is 0.725. The van der Waals surface area contributed by atoms with Crippen molar-refractivity contribution in [2.24, 2.45) is 4.99 Å². The van der Waals surface area contributed by atoms with E-state index in [1.54, 1.807) is 0 Å². The van der Waals surface area contributed by atoms with Crippen LogP contribution in [0.3, 0.4) is 0 Å². The summed E-state index contributed by atoms with van der Waals surface area (Å²) in [5.74, 6) is 2.50. The highest BCUT2D eigenvalue weighted by Gasteiger charge is 2.21. The first kappa shape index (κ1) is 35.8. The molecule has 0 saturated carbocycles. The SMILES string of the molecule is CCCN(CCC)C(=NCc1cccc(CNC(N(CCC)CCC)=[N+](CCC)CCC)c1)N(CCC)CCC. The summed E-state index contributed by atoms with van der Waals surface area (Å²) in [6.45, 7) is 28.4. The molecule has 0 saturated heterocycles. The van der Waals surface area contributed by atoms with E-state index in [4.69, 9.17) is 4.99 Å². The number of hydrogen-bond acceptors (Lipinski definition) is 1. The van der Waals surface area contributed by atoms with E-state index in [2.05, 4.69) is 104 Å². The highest BCUT2D eigenvalue weighted by molar-refractivity contribution is 5.80. The molecule has 230 valence electrons. The smallest absolute Gasteiger partial charge is 0.343 e. The maximum absolute atomic E-state index is 5.29. The van der Waals surface area contributed by atoms with Gasteiger partial charge in [-0.15, -0.1) is 0 Å². The van der Waals surface area contributed by atoms with Gasteiger partial charge in [0, 0.05) is 26.2 Å². The topological polar surface area (TPSA) is 37.1 Å². The first-order chi connectivity index (χ1) is 19.5. The van der Waals surface area contributed by atoms with Crippen molar-refractivity contribution in [1.29, 1.82) is 0 Å². The molecule has 0 radical (unpaired) electrons. The Kier molecular flexibility index (Phi) is 20.1. The lowest BCUT2D eigenvalue weighted by atomic mass is 10.1. The van der Waals surface area contributed by atoms with Gasteiger partial charge in [0.2, 0.25) is 0 Å². The van der Waals surface area contributed by atoms with Gasteiger partial charge in [-0.1, -0.05) is 79.7 Å². The van der Waals surface area contributed by atoms with E-state index in [1.807, 2.05) is 0 Å². The van der Waals surface area contributed by atoms with Crippen LogP contribution in [0, 0.1) is 0 Å². The van der Waals surface area contributed by atoms with Gasteiger partial charge in [0.05, 0.1) is 39.3 Å². The molecule has 0 aliphatic carbocycles. The largest absolute Gasteiger partial charge is 0.348 e. The van der Waals surface area contributed by atoms with E-state index in [0.29, 0.717) is 0 Å². The van der Waals surface area contributed by atoms with Gasteiger partial charge in [-0.3, -0.25) is 14.8 Å². The van der Waals surface area contributed by atoms with Crippen LogP contribution in [0.4, 0.5) is 0 Å². The molecule has 0 spiro atoms. The predicted molar refractivity (Wildman–Crippen MR) is 176 cm³/mol. The minimum Gasteiger partial charge on any atom is -0.343 e. The Balaban J connectivity index is 3.26. The third-order valence-corrected chi connectivity index (χ3v) is 6.96. The van der Waals surface area contributed by atoms with Crippen LogP contribution in [-0.4, -0.2) is 83.6 Å². The molecular weight excluding hydrogens is 492 g/mol. The van der Waals surface area contributed by atoms with Crippen molar-refractivity contribution in [2.45, 2.75) is 120 Å². The molecule has 0 aliphatic rings. The molecule has 0 bridgehead atoms. The fraction of sp³-hybridized carbons (Fsp3) is 0.765. The van der Waals surface area contributed by atoms with Gasteiger partial charge >= 0.3 is 5.96 Å². The molecule has 1 rings (SSSR count). The second-order valence-corrected chi connectivity index (χ2v) is 11.1. The number of benzene rings is 1. The lowest BCUT2D eigenvalue weighted by Crippen LogP contribution is -2.48. The van der Waals surface area contributed by atoms with Crippen LogP contribution in [0.5, 0.6) is 0 Å². The summed E-state index contributed by atoms with van der Waals surface area (Å²) in [4.78, 5) is 12.9. The molecule has 0 aromatic heterocycles. The summed E-state index contributed by atoms with van der Waals surface area (Å²) in [5, 5.41) is 3.89. The zero-order valence-electron chi connectivity index (χ0n) is 27.8. The second kappa shape index (κ2) is 22.4. The Labute approximate surface area is 248 Å². The van der Waals surface area contributed by atoms with Crippen LogP contribution in [0.2, 0.25) is 0 Å². The van der Waals surface area contributed by atoms with Gasteiger partial charge in [-0.2, -0.15) is 0 Å². The first-order valence-electron chi connectivity index (χ1n) is 16.8. The number of hydrogen-bond donors (Lipinski definition) is 1. The maximum atomic E-state index is 5.29. The maximum Gasteiger partial charge on any atom is 0.348 e. The molecule has 0 heterocycles. The van der Waals surface area contributed by atoms with Crippen molar-refractivity contribution >= 4 is 11.9 Å². The average molecular weight is 558 g/mol. The number of nitrogens with zero attached hydrogens (tertiary/aromatic N) is 5. The summed E-state index contributed by atoms with van der Waals surface area (Å²) in [6.07, 6.45) is 9.22. The average Bonchev–Trinajstić information content (AvgIpc) is 2.94. The van der Waals surface area contributed by atoms with Gasteiger partial charge in [-0.05, 0) is 62.5 Å².